The SMILES string of the molecule is O=C(COc1cccc(Br)c1)N/N=C/c1cc(Br)c(I)o1. The highest BCUT2D eigenvalue weighted by Crippen LogP contribution is 2.22. The first-order chi connectivity index (χ1) is 10.0. The van der Waals surface area contributed by atoms with Crippen molar-refractivity contribution in [3.8, 4) is 5.75 Å². The average molecular weight is 528 g/mol. The molecule has 21 heavy (non-hydrogen) atoms. The zero-order chi connectivity index (χ0) is 15.2. The molecule has 1 aromatic carbocycles. The van der Waals surface area contributed by atoms with Gasteiger partial charge in [-0.25, -0.2) is 5.43 Å². The molecule has 1 amide bonds. The van der Waals surface area contributed by atoms with Crippen molar-refractivity contribution in [1.82, 2.24) is 5.43 Å². The highest BCUT2D eigenvalue weighted by molar-refractivity contribution is 14.1. The summed E-state index contributed by atoms with van der Waals surface area (Å²) in [6.07, 6.45) is 1.42. The number of benzene rings is 1. The minimum Gasteiger partial charge on any atom is -0.484 e. The highest BCUT2D eigenvalue weighted by Gasteiger charge is 2.04. The lowest BCUT2D eigenvalue weighted by Gasteiger charge is -2.04. The molecule has 0 fully saturated rings. The van der Waals surface area contributed by atoms with Crippen molar-refractivity contribution in [2.75, 3.05) is 6.61 Å². The predicted molar refractivity (Wildman–Crippen MR) is 94.5 cm³/mol. The molecule has 0 aliphatic heterocycles. The molecule has 0 radical (unpaired) electrons. The normalized spacial score (nSPS) is 10.8. The molecule has 0 aliphatic carbocycles. The fourth-order valence-electron chi connectivity index (χ4n) is 1.33. The van der Waals surface area contributed by atoms with Crippen molar-refractivity contribution >= 4 is 66.6 Å². The molecule has 1 N–H and O–H groups in total. The first-order valence-electron chi connectivity index (χ1n) is 5.69. The largest absolute Gasteiger partial charge is 0.484 e. The number of amides is 1. The van der Waals surface area contributed by atoms with Crippen molar-refractivity contribution < 1.29 is 13.9 Å². The summed E-state index contributed by atoms with van der Waals surface area (Å²) in [6, 6.07) is 9.00. The Hall–Kier alpha value is -0.870. The van der Waals surface area contributed by atoms with Gasteiger partial charge in [0.25, 0.3) is 5.91 Å². The number of rotatable bonds is 5. The summed E-state index contributed by atoms with van der Waals surface area (Å²) in [6.45, 7) is -0.118. The third-order valence-corrected chi connectivity index (χ3v) is 4.84. The zero-order valence-corrected chi connectivity index (χ0v) is 15.8. The van der Waals surface area contributed by atoms with Gasteiger partial charge in [-0.3, -0.25) is 4.79 Å². The van der Waals surface area contributed by atoms with Gasteiger partial charge in [0.2, 0.25) is 0 Å². The molecule has 0 spiro atoms. The van der Waals surface area contributed by atoms with Gasteiger partial charge in [-0.15, -0.1) is 0 Å². The number of halogens is 3. The molecule has 0 unspecified atom stereocenters. The number of hydrazone groups is 1. The molecule has 5 nitrogen and oxygen atoms in total. The van der Waals surface area contributed by atoms with E-state index in [2.05, 4.69) is 42.4 Å². The Labute approximate surface area is 151 Å². The van der Waals surface area contributed by atoms with E-state index in [1.54, 1.807) is 18.2 Å². The number of ether oxygens (including phenoxy) is 1. The van der Waals surface area contributed by atoms with E-state index in [9.17, 15) is 4.79 Å². The van der Waals surface area contributed by atoms with Gasteiger partial charge < -0.3 is 9.15 Å². The fourth-order valence-corrected chi connectivity index (χ4v) is 2.43. The summed E-state index contributed by atoms with van der Waals surface area (Å²) in [5, 5.41) is 3.79. The molecule has 0 saturated heterocycles. The van der Waals surface area contributed by atoms with Gasteiger partial charge in [0.05, 0.1) is 10.7 Å². The summed E-state index contributed by atoms with van der Waals surface area (Å²) in [5.74, 6) is 0.791. The molecule has 2 rings (SSSR count). The van der Waals surface area contributed by atoms with E-state index in [4.69, 9.17) is 9.15 Å². The Bertz CT molecular complexity index is 654. The molecular weight excluding hydrogens is 519 g/mol. The second-order valence-corrected chi connectivity index (χ2v) is 6.56. The van der Waals surface area contributed by atoms with Crippen LogP contribution in [0.25, 0.3) is 0 Å². The topological polar surface area (TPSA) is 63.8 Å². The monoisotopic (exact) mass is 526 g/mol. The number of furan rings is 1. The Balaban J connectivity index is 1.79. The average Bonchev–Trinajstić information content (AvgIpc) is 2.75. The molecule has 110 valence electrons. The van der Waals surface area contributed by atoms with Crippen molar-refractivity contribution in [3.63, 3.8) is 0 Å². The van der Waals surface area contributed by atoms with E-state index >= 15 is 0 Å². The quantitative estimate of drug-likeness (QED) is 0.364. The molecule has 0 saturated carbocycles. The van der Waals surface area contributed by atoms with Gasteiger partial charge >= 0.3 is 0 Å². The summed E-state index contributed by atoms with van der Waals surface area (Å²) in [4.78, 5) is 11.6. The summed E-state index contributed by atoms with van der Waals surface area (Å²) in [5.41, 5.74) is 2.36. The second kappa shape index (κ2) is 7.95. The number of carbonyl (C=O) groups is 1. The van der Waals surface area contributed by atoms with Crippen LogP contribution in [0.4, 0.5) is 0 Å². The van der Waals surface area contributed by atoms with E-state index in [1.807, 2.05) is 34.7 Å². The molecule has 1 heterocycles. The highest BCUT2D eigenvalue weighted by atomic mass is 127. The van der Waals surface area contributed by atoms with E-state index in [-0.39, 0.29) is 12.5 Å². The van der Waals surface area contributed by atoms with Gasteiger partial charge in [-0.2, -0.15) is 5.10 Å². The van der Waals surface area contributed by atoms with E-state index in [1.165, 1.54) is 6.21 Å². The minimum absolute atomic E-state index is 0.118. The minimum atomic E-state index is -0.355. The van der Waals surface area contributed by atoms with Crippen LogP contribution in [0.3, 0.4) is 0 Å². The van der Waals surface area contributed by atoms with Gasteiger partial charge in [0, 0.05) is 33.1 Å². The van der Waals surface area contributed by atoms with Crippen LogP contribution in [0.2, 0.25) is 0 Å². The summed E-state index contributed by atoms with van der Waals surface area (Å²) in [7, 11) is 0. The zero-order valence-electron chi connectivity index (χ0n) is 10.5. The standard InChI is InChI=1S/C13H9Br2IN2O3/c14-8-2-1-3-9(4-8)20-7-12(19)18-17-6-10-5-11(15)13(16)21-10/h1-6H,7H2,(H,18,19)/b17-6+. The Morgan fingerprint density at radius 1 is 1.43 bits per heavy atom. The van der Waals surface area contributed by atoms with Crippen LogP contribution >= 0.6 is 54.5 Å². The number of hydrogen-bond acceptors (Lipinski definition) is 4. The third-order valence-electron chi connectivity index (χ3n) is 2.21. The van der Waals surface area contributed by atoms with E-state index in [0.717, 1.165) is 12.7 Å². The van der Waals surface area contributed by atoms with Crippen molar-refractivity contribution in [2.45, 2.75) is 0 Å². The number of carbonyl (C=O) groups excluding carboxylic acids is 1. The Morgan fingerprint density at radius 2 is 2.24 bits per heavy atom. The van der Waals surface area contributed by atoms with Crippen LogP contribution in [0.1, 0.15) is 5.76 Å². The van der Waals surface area contributed by atoms with Crippen molar-refractivity contribution in [2.24, 2.45) is 5.10 Å². The van der Waals surface area contributed by atoms with Crippen LogP contribution in [0.5, 0.6) is 5.75 Å². The lowest BCUT2D eigenvalue weighted by Crippen LogP contribution is -2.24. The maximum Gasteiger partial charge on any atom is 0.277 e. The number of nitrogens with zero attached hydrogens (tertiary/aromatic N) is 1. The molecule has 8 heteroatoms. The summed E-state index contributed by atoms with van der Waals surface area (Å²) < 4.78 is 13.1. The van der Waals surface area contributed by atoms with Crippen LogP contribution in [-0.4, -0.2) is 18.7 Å². The van der Waals surface area contributed by atoms with Crippen LogP contribution in [-0.2, 0) is 4.79 Å². The van der Waals surface area contributed by atoms with Crippen LogP contribution < -0.4 is 10.2 Å². The van der Waals surface area contributed by atoms with Gasteiger partial charge in [0.1, 0.15) is 11.5 Å². The van der Waals surface area contributed by atoms with Crippen LogP contribution in [0, 0.1) is 3.77 Å². The first kappa shape index (κ1) is 16.5. The second-order valence-electron chi connectivity index (χ2n) is 3.81. The third kappa shape index (κ3) is 5.44. The first-order valence-corrected chi connectivity index (χ1v) is 8.36. The summed E-state index contributed by atoms with van der Waals surface area (Å²) >= 11 is 8.69. The Kier molecular flexibility index (Phi) is 6.24. The molecule has 2 aromatic rings. The molecular formula is C13H9Br2IN2O3. The fraction of sp³-hybridized carbons (Fsp3) is 0.0769. The molecule has 0 aliphatic rings. The smallest absolute Gasteiger partial charge is 0.277 e. The number of nitrogens with one attached hydrogen (secondary N) is 1. The Morgan fingerprint density at radius 3 is 2.90 bits per heavy atom. The predicted octanol–water partition coefficient (Wildman–Crippen LogP) is 3.94. The maximum atomic E-state index is 11.6. The number of hydrogen-bond donors (Lipinski definition) is 1. The molecule has 0 bridgehead atoms. The lowest BCUT2D eigenvalue weighted by molar-refractivity contribution is -0.123. The van der Waals surface area contributed by atoms with Gasteiger partial charge in [-0.1, -0.05) is 22.0 Å². The lowest BCUT2D eigenvalue weighted by atomic mass is 10.3. The maximum absolute atomic E-state index is 11.6. The van der Waals surface area contributed by atoms with E-state index < -0.39 is 0 Å². The van der Waals surface area contributed by atoms with Crippen molar-refractivity contribution in [3.05, 3.63) is 48.8 Å². The van der Waals surface area contributed by atoms with Gasteiger partial charge in [-0.05, 0) is 34.1 Å². The molecule has 0 atom stereocenters. The van der Waals surface area contributed by atoms with Crippen LogP contribution in [0.15, 0.2) is 48.8 Å². The molecule has 1 aromatic heterocycles. The van der Waals surface area contributed by atoms with Gasteiger partial charge in [0.15, 0.2) is 10.4 Å². The van der Waals surface area contributed by atoms with E-state index in [0.29, 0.717) is 11.5 Å². The van der Waals surface area contributed by atoms with Crippen molar-refractivity contribution in [1.29, 1.82) is 0 Å².